The van der Waals surface area contributed by atoms with Gasteiger partial charge in [-0.15, -0.1) is 0 Å². The molecule has 0 aromatic heterocycles. The van der Waals surface area contributed by atoms with Crippen LogP contribution in [0.25, 0.3) is 0 Å². The number of hydrogen-bond acceptors (Lipinski definition) is 2. The van der Waals surface area contributed by atoms with Gasteiger partial charge in [0.25, 0.3) is 5.91 Å². The van der Waals surface area contributed by atoms with Gasteiger partial charge in [-0.3, -0.25) is 4.79 Å². The van der Waals surface area contributed by atoms with Gasteiger partial charge in [0.05, 0.1) is 5.56 Å². The second-order valence-electron chi connectivity index (χ2n) is 4.54. The number of rotatable bonds is 2. The number of phenols is 1. The zero-order valence-corrected chi connectivity index (χ0v) is 11.4. The van der Waals surface area contributed by atoms with Crippen LogP contribution in [0.4, 0.5) is 4.39 Å². The fraction of sp³-hybridized carbons (Fsp3) is 0.462. The first-order valence-electron chi connectivity index (χ1n) is 6.01. The van der Waals surface area contributed by atoms with Gasteiger partial charge in [0.1, 0.15) is 11.6 Å². The Morgan fingerprint density at radius 3 is 2.78 bits per heavy atom. The maximum atomic E-state index is 13.5. The lowest BCUT2D eigenvalue weighted by molar-refractivity contribution is 0.0925. The van der Waals surface area contributed by atoms with Crippen LogP contribution in [-0.2, 0) is 0 Å². The SMILES string of the molecule is O=C(NC1CCCCC1Br)c1ccc(O)cc1F. The van der Waals surface area contributed by atoms with Crippen molar-refractivity contribution in [1.82, 2.24) is 5.32 Å². The maximum Gasteiger partial charge on any atom is 0.254 e. The summed E-state index contributed by atoms with van der Waals surface area (Å²) in [5.74, 6) is -1.31. The first kappa shape index (κ1) is 13.3. The van der Waals surface area contributed by atoms with Crippen LogP contribution >= 0.6 is 15.9 Å². The van der Waals surface area contributed by atoms with Gasteiger partial charge in [-0.05, 0) is 25.0 Å². The predicted molar refractivity (Wildman–Crippen MR) is 70.5 cm³/mol. The Balaban J connectivity index is 2.07. The molecular weight excluding hydrogens is 301 g/mol. The van der Waals surface area contributed by atoms with Gasteiger partial charge in [0.2, 0.25) is 0 Å². The number of benzene rings is 1. The van der Waals surface area contributed by atoms with Gasteiger partial charge in [-0.1, -0.05) is 28.8 Å². The third-order valence-electron chi connectivity index (χ3n) is 3.20. The average molecular weight is 316 g/mol. The molecule has 0 radical (unpaired) electrons. The smallest absolute Gasteiger partial charge is 0.254 e. The number of aromatic hydroxyl groups is 1. The average Bonchev–Trinajstić information content (AvgIpc) is 2.32. The van der Waals surface area contributed by atoms with E-state index < -0.39 is 11.7 Å². The third-order valence-corrected chi connectivity index (χ3v) is 4.29. The van der Waals surface area contributed by atoms with Gasteiger partial charge in [0, 0.05) is 16.9 Å². The van der Waals surface area contributed by atoms with Crippen molar-refractivity contribution in [3.63, 3.8) is 0 Å². The van der Waals surface area contributed by atoms with Crippen molar-refractivity contribution in [2.75, 3.05) is 0 Å². The summed E-state index contributed by atoms with van der Waals surface area (Å²) in [6, 6.07) is 3.59. The Morgan fingerprint density at radius 1 is 1.39 bits per heavy atom. The monoisotopic (exact) mass is 315 g/mol. The van der Waals surface area contributed by atoms with E-state index >= 15 is 0 Å². The lowest BCUT2D eigenvalue weighted by atomic mass is 9.95. The van der Waals surface area contributed by atoms with Crippen LogP contribution in [0.1, 0.15) is 36.0 Å². The Morgan fingerprint density at radius 2 is 2.11 bits per heavy atom. The molecule has 1 aromatic carbocycles. The van der Waals surface area contributed by atoms with Crippen molar-refractivity contribution in [3.8, 4) is 5.75 Å². The Kier molecular flexibility index (Phi) is 4.22. The van der Waals surface area contributed by atoms with Gasteiger partial charge in [-0.2, -0.15) is 0 Å². The molecule has 0 aliphatic heterocycles. The number of hydrogen-bond donors (Lipinski definition) is 2. The van der Waals surface area contributed by atoms with E-state index in [1.165, 1.54) is 12.1 Å². The second kappa shape index (κ2) is 5.69. The minimum atomic E-state index is -0.700. The molecule has 1 aliphatic rings. The molecule has 0 spiro atoms. The van der Waals surface area contributed by atoms with Crippen molar-refractivity contribution >= 4 is 21.8 Å². The van der Waals surface area contributed by atoms with E-state index in [1.807, 2.05) is 0 Å². The van der Waals surface area contributed by atoms with Crippen molar-refractivity contribution in [1.29, 1.82) is 0 Å². The minimum Gasteiger partial charge on any atom is -0.508 e. The number of carbonyl (C=O) groups excluding carboxylic acids is 1. The molecule has 98 valence electrons. The maximum absolute atomic E-state index is 13.5. The zero-order chi connectivity index (χ0) is 13.1. The zero-order valence-electron chi connectivity index (χ0n) is 9.83. The van der Waals surface area contributed by atoms with Crippen molar-refractivity contribution in [3.05, 3.63) is 29.6 Å². The molecular formula is C13H15BrFNO2. The van der Waals surface area contributed by atoms with Crippen LogP contribution in [-0.4, -0.2) is 21.9 Å². The van der Waals surface area contributed by atoms with Crippen LogP contribution in [0, 0.1) is 5.82 Å². The van der Waals surface area contributed by atoms with Crippen LogP contribution in [0.3, 0.4) is 0 Å². The lowest BCUT2D eigenvalue weighted by Gasteiger charge is -2.28. The molecule has 0 bridgehead atoms. The number of alkyl halides is 1. The molecule has 2 rings (SSSR count). The van der Waals surface area contributed by atoms with Crippen LogP contribution in [0.5, 0.6) is 5.75 Å². The Bertz CT molecular complexity index is 453. The summed E-state index contributed by atoms with van der Waals surface area (Å²) in [4.78, 5) is 12.2. The molecule has 1 fully saturated rings. The lowest BCUT2D eigenvalue weighted by Crippen LogP contribution is -2.42. The summed E-state index contributed by atoms with van der Waals surface area (Å²) >= 11 is 3.54. The molecule has 2 unspecified atom stereocenters. The summed E-state index contributed by atoms with van der Waals surface area (Å²) in [5.41, 5.74) is -0.0296. The van der Waals surface area contributed by atoms with E-state index in [4.69, 9.17) is 5.11 Å². The van der Waals surface area contributed by atoms with Gasteiger partial charge >= 0.3 is 0 Å². The first-order chi connectivity index (χ1) is 8.58. The highest BCUT2D eigenvalue weighted by Gasteiger charge is 2.25. The molecule has 3 nitrogen and oxygen atoms in total. The summed E-state index contributed by atoms with van der Waals surface area (Å²) in [6.07, 6.45) is 4.14. The number of amides is 1. The first-order valence-corrected chi connectivity index (χ1v) is 6.93. The molecule has 1 aromatic rings. The predicted octanol–water partition coefficient (Wildman–Crippen LogP) is 2.97. The quantitative estimate of drug-likeness (QED) is 0.824. The Labute approximate surface area is 114 Å². The summed E-state index contributed by atoms with van der Waals surface area (Å²) in [5, 5.41) is 11.9. The molecule has 2 N–H and O–H groups in total. The summed E-state index contributed by atoms with van der Waals surface area (Å²) in [7, 11) is 0. The molecule has 0 saturated heterocycles. The molecule has 1 aliphatic carbocycles. The number of phenolic OH excluding ortho intramolecular Hbond substituents is 1. The highest BCUT2D eigenvalue weighted by atomic mass is 79.9. The molecule has 1 saturated carbocycles. The van der Waals surface area contributed by atoms with E-state index in [9.17, 15) is 9.18 Å². The molecule has 1 amide bonds. The standard InChI is InChI=1S/C13H15BrFNO2/c14-10-3-1-2-4-12(10)16-13(18)9-6-5-8(17)7-11(9)15/h5-7,10,12,17H,1-4H2,(H,16,18). The number of halogens is 2. The minimum absolute atomic E-state index is 0.0296. The molecule has 0 heterocycles. The Hall–Kier alpha value is -1.10. The van der Waals surface area contributed by atoms with E-state index in [-0.39, 0.29) is 22.2 Å². The van der Waals surface area contributed by atoms with Gasteiger partial charge in [0.15, 0.2) is 0 Å². The van der Waals surface area contributed by atoms with E-state index in [0.717, 1.165) is 31.7 Å². The summed E-state index contributed by atoms with van der Waals surface area (Å²) < 4.78 is 13.5. The van der Waals surface area contributed by atoms with Crippen LogP contribution in [0.2, 0.25) is 0 Å². The fourth-order valence-corrected chi connectivity index (χ4v) is 2.90. The van der Waals surface area contributed by atoms with E-state index in [2.05, 4.69) is 21.2 Å². The summed E-state index contributed by atoms with van der Waals surface area (Å²) in [6.45, 7) is 0. The normalized spacial score (nSPS) is 23.7. The van der Waals surface area contributed by atoms with E-state index in [1.54, 1.807) is 0 Å². The number of carbonyl (C=O) groups is 1. The number of nitrogens with one attached hydrogen (secondary N) is 1. The van der Waals surface area contributed by atoms with Crippen LogP contribution in [0.15, 0.2) is 18.2 Å². The van der Waals surface area contributed by atoms with Crippen molar-refractivity contribution in [2.24, 2.45) is 0 Å². The topological polar surface area (TPSA) is 49.3 Å². The van der Waals surface area contributed by atoms with Crippen molar-refractivity contribution < 1.29 is 14.3 Å². The van der Waals surface area contributed by atoms with Gasteiger partial charge < -0.3 is 10.4 Å². The second-order valence-corrected chi connectivity index (χ2v) is 5.72. The van der Waals surface area contributed by atoms with Gasteiger partial charge in [-0.25, -0.2) is 4.39 Å². The molecule has 5 heteroatoms. The third kappa shape index (κ3) is 3.02. The van der Waals surface area contributed by atoms with Crippen LogP contribution < -0.4 is 5.32 Å². The molecule has 18 heavy (non-hydrogen) atoms. The van der Waals surface area contributed by atoms with E-state index in [0.29, 0.717) is 0 Å². The molecule has 2 atom stereocenters. The van der Waals surface area contributed by atoms with Crippen molar-refractivity contribution in [2.45, 2.75) is 36.6 Å². The largest absolute Gasteiger partial charge is 0.508 e. The fourth-order valence-electron chi connectivity index (χ4n) is 2.18. The highest BCUT2D eigenvalue weighted by molar-refractivity contribution is 9.09. The highest BCUT2D eigenvalue weighted by Crippen LogP contribution is 2.25.